The molecule has 1 aliphatic heterocycles. The van der Waals surface area contributed by atoms with Gasteiger partial charge in [0.1, 0.15) is 18.3 Å². The van der Waals surface area contributed by atoms with Gasteiger partial charge in [0, 0.05) is 0 Å². The fourth-order valence-electron chi connectivity index (χ4n) is 12.7. The van der Waals surface area contributed by atoms with Crippen LogP contribution in [0.15, 0.2) is 11.6 Å². The van der Waals surface area contributed by atoms with Crippen LogP contribution in [0.3, 0.4) is 0 Å². The molecule has 0 bridgehead atoms. The van der Waals surface area contributed by atoms with Crippen molar-refractivity contribution in [2.45, 2.75) is 143 Å². The molecule has 0 amide bonds. The van der Waals surface area contributed by atoms with Crippen molar-refractivity contribution in [2.75, 3.05) is 0 Å². The van der Waals surface area contributed by atoms with E-state index in [4.69, 9.17) is 4.74 Å². The van der Waals surface area contributed by atoms with E-state index < -0.39 is 47.9 Å². The summed E-state index contributed by atoms with van der Waals surface area (Å²) in [5, 5.41) is 52.3. The molecule has 6 rings (SSSR count). The number of hydrogen-bond acceptors (Lipinski definition) is 6. The van der Waals surface area contributed by atoms with E-state index in [9.17, 15) is 35.1 Å². The molecule has 44 heavy (non-hydrogen) atoms. The first-order valence-electron chi connectivity index (χ1n) is 17.1. The third-order valence-corrected chi connectivity index (χ3v) is 15.5. The number of rotatable bonds is 3. The van der Waals surface area contributed by atoms with Gasteiger partial charge in [-0.3, -0.25) is 4.79 Å². The molecule has 4 saturated carbocycles. The van der Waals surface area contributed by atoms with E-state index in [-0.39, 0.29) is 38.9 Å². The Morgan fingerprint density at radius 2 is 1.45 bits per heavy atom. The van der Waals surface area contributed by atoms with Crippen LogP contribution in [0.25, 0.3) is 0 Å². The smallest absolute Gasteiger partial charge is 0.335 e. The van der Waals surface area contributed by atoms with Crippen LogP contribution in [0.1, 0.15) is 113 Å². The summed E-state index contributed by atoms with van der Waals surface area (Å²) in [4.78, 5) is 24.8. The molecule has 8 nitrogen and oxygen atoms in total. The molecule has 1 saturated heterocycles. The minimum Gasteiger partial charge on any atom is -0.481 e. The number of aliphatic hydroxyl groups excluding tert-OH is 3. The van der Waals surface area contributed by atoms with Crippen LogP contribution in [0.4, 0.5) is 0 Å². The van der Waals surface area contributed by atoms with Crippen molar-refractivity contribution in [1.29, 1.82) is 0 Å². The van der Waals surface area contributed by atoms with Gasteiger partial charge in [0.2, 0.25) is 0 Å². The predicted molar refractivity (Wildman–Crippen MR) is 164 cm³/mol. The molecule has 6 unspecified atom stereocenters. The molecule has 13 atom stereocenters. The fourth-order valence-corrected chi connectivity index (χ4v) is 12.7. The summed E-state index contributed by atoms with van der Waals surface area (Å²) in [7, 11) is 0. The van der Waals surface area contributed by atoms with Crippen LogP contribution in [0, 0.1) is 56.2 Å². The summed E-state index contributed by atoms with van der Waals surface area (Å²) in [5.41, 5.74) is 0.522. The lowest BCUT2D eigenvalue weighted by atomic mass is 9.33. The Hall–Kier alpha value is -1.48. The summed E-state index contributed by atoms with van der Waals surface area (Å²) < 4.78 is 5.92. The first kappa shape index (κ1) is 32.5. The molecule has 5 fully saturated rings. The summed E-state index contributed by atoms with van der Waals surface area (Å²) in [5.74, 6) is -1.34. The van der Waals surface area contributed by atoms with Crippen molar-refractivity contribution in [1.82, 2.24) is 0 Å². The second-order valence-corrected chi connectivity index (χ2v) is 18.0. The van der Waals surface area contributed by atoms with Gasteiger partial charge in [0.05, 0.1) is 11.5 Å². The Morgan fingerprint density at radius 3 is 2.09 bits per heavy atom. The van der Waals surface area contributed by atoms with Crippen molar-refractivity contribution in [2.24, 2.45) is 56.2 Å². The predicted octanol–water partition coefficient (Wildman–Crippen LogP) is 5.42. The number of carboxylic acids is 2. The Morgan fingerprint density at radius 1 is 0.795 bits per heavy atom. The second-order valence-electron chi connectivity index (χ2n) is 18.0. The first-order chi connectivity index (χ1) is 20.3. The maximum atomic E-state index is 12.9. The number of carboxylic acid groups (broad SMARTS) is 2. The van der Waals surface area contributed by atoms with Crippen molar-refractivity contribution < 1.29 is 39.9 Å². The van der Waals surface area contributed by atoms with E-state index in [1.165, 1.54) is 5.57 Å². The summed E-state index contributed by atoms with van der Waals surface area (Å²) >= 11 is 0. The topological polar surface area (TPSA) is 145 Å². The zero-order valence-corrected chi connectivity index (χ0v) is 27.8. The standard InChI is InChI=1S/C36H56O8/c1-31(2)14-16-36(30(42)43)17-15-34(6)19(21(36)18-31)8-9-23-33(5)12-10-20(32(3,4)22(33)11-13-35(23,34)7)27-25(38)24(37)26(39)28(44-27)29(40)41/h8,20-28,37-39H,9-18H2,1-7H3,(H,40,41)(H,42,43)/t20-,21?,22?,23?,24?,25?,26+,27+,28?,33+,34-,35-,36+/m1/s1. The number of allylic oxidation sites excluding steroid dienone is 2. The van der Waals surface area contributed by atoms with Crippen LogP contribution < -0.4 is 0 Å². The van der Waals surface area contributed by atoms with E-state index in [0.29, 0.717) is 11.8 Å². The molecular formula is C36H56O8. The molecule has 5 N–H and O–H groups in total. The monoisotopic (exact) mass is 616 g/mol. The third kappa shape index (κ3) is 4.15. The highest BCUT2D eigenvalue weighted by molar-refractivity contribution is 5.76. The Kier molecular flexibility index (Phi) is 7.39. The average Bonchev–Trinajstić information content (AvgIpc) is 2.92. The number of ether oxygens (including phenoxy) is 1. The molecule has 0 spiro atoms. The molecule has 5 aliphatic carbocycles. The van der Waals surface area contributed by atoms with Gasteiger partial charge < -0.3 is 30.3 Å². The molecule has 248 valence electrons. The van der Waals surface area contributed by atoms with E-state index in [1.54, 1.807) is 0 Å². The Balaban J connectivity index is 1.34. The van der Waals surface area contributed by atoms with E-state index in [2.05, 4.69) is 54.5 Å². The lowest BCUT2D eigenvalue weighted by Crippen LogP contribution is -2.67. The van der Waals surface area contributed by atoms with E-state index >= 15 is 0 Å². The normalized spacial score (nSPS) is 52.8. The molecule has 6 aliphatic rings. The molecular weight excluding hydrogens is 560 g/mol. The van der Waals surface area contributed by atoms with Crippen molar-refractivity contribution in [3.63, 3.8) is 0 Å². The number of hydrogen-bond donors (Lipinski definition) is 5. The van der Waals surface area contributed by atoms with Gasteiger partial charge in [-0.05, 0) is 115 Å². The van der Waals surface area contributed by atoms with Crippen molar-refractivity contribution >= 4 is 11.9 Å². The average molecular weight is 617 g/mol. The Labute approximate surface area is 262 Å². The molecule has 0 aromatic heterocycles. The highest BCUT2D eigenvalue weighted by Gasteiger charge is 2.70. The number of aliphatic hydroxyl groups is 3. The lowest BCUT2D eigenvalue weighted by Gasteiger charge is -2.71. The van der Waals surface area contributed by atoms with Crippen molar-refractivity contribution in [3.05, 3.63) is 11.6 Å². The summed E-state index contributed by atoms with van der Waals surface area (Å²) in [6, 6.07) is 0. The van der Waals surface area contributed by atoms with Gasteiger partial charge in [-0.1, -0.05) is 60.1 Å². The van der Waals surface area contributed by atoms with Crippen LogP contribution in [-0.2, 0) is 14.3 Å². The highest BCUT2D eigenvalue weighted by atomic mass is 16.6. The summed E-state index contributed by atoms with van der Waals surface area (Å²) in [6.07, 6.45) is 4.29. The number of aliphatic carboxylic acids is 2. The third-order valence-electron chi connectivity index (χ3n) is 15.5. The fraction of sp³-hybridized carbons (Fsp3) is 0.889. The minimum absolute atomic E-state index is 0.00480. The van der Waals surface area contributed by atoms with Gasteiger partial charge in [0.15, 0.2) is 6.10 Å². The molecule has 0 aromatic rings. The second kappa shape index (κ2) is 10.0. The van der Waals surface area contributed by atoms with Crippen LogP contribution in [0.5, 0.6) is 0 Å². The quantitative estimate of drug-likeness (QED) is 0.264. The summed E-state index contributed by atoms with van der Waals surface area (Å²) in [6.45, 7) is 16.4. The SMILES string of the molecule is CC1(C)CC[C@]2(C(=O)O)CC[C@]3(C)C(=CCC4[C@@]5(C)CC[C@H]([C@@H]6OC(C(=O)O)[C@@H](O)C(O)C6O)C(C)(C)C5CC[C@]43C)C2C1. The zero-order valence-electron chi connectivity index (χ0n) is 27.8. The molecule has 0 aromatic carbocycles. The maximum absolute atomic E-state index is 12.9. The number of fused-ring (bicyclic) bond motifs is 7. The molecule has 0 radical (unpaired) electrons. The van der Waals surface area contributed by atoms with Gasteiger partial charge in [-0.2, -0.15) is 0 Å². The minimum atomic E-state index is -1.68. The highest BCUT2D eigenvalue weighted by Crippen LogP contribution is 2.76. The van der Waals surface area contributed by atoms with Crippen LogP contribution >= 0.6 is 0 Å². The number of carbonyl (C=O) groups is 2. The molecule has 8 heteroatoms. The van der Waals surface area contributed by atoms with Gasteiger partial charge in [0.25, 0.3) is 0 Å². The van der Waals surface area contributed by atoms with Gasteiger partial charge >= 0.3 is 11.9 Å². The van der Waals surface area contributed by atoms with Crippen molar-refractivity contribution in [3.8, 4) is 0 Å². The van der Waals surface area contributed by atoms with E-state index in [1.807, 2.05) is 0 Å². The van der Waals surface area contributed by atoms with Crippen LogP contribution in [0.2, 0.25) is 0 Å². The van der Waals surface area contributed by atoms with E-state index in [0.717, 1.165) is 64.2 Å². The first-order valence-corrected chi connectivity index (χ1v) is 17.1. The largest absolute Gasteiger partial charge is 0.481 e. The van der Waals surface area contributed by atoms with Gasteiger partial charge in [-0.25, -0.2) is 4.79 Å². The van der Waals surface area contributed by atoms with Crippen LogP contribution in [-0.4, -0.2) is 68.0 Å². The zero-order chi connectivity index (χ0) is 32.4. The maximum Gasteiger partial charge on any atom is 0.335 e. The van der Waals surface area contributed by atoms with Gasteiger partial charge in [-0.15, -0.1) is 0 Å². The lowest BCUT2D eigenvalue weighted by molar-refractivity contribution is -0.264. The Bertz CT molecular complexity index is 1240. The molecule has 1 heterocycles.